The van der Waals surface area contributed by atoms with Gasteiger partial charge in [-0.3, -0.25) is 4.79 Å². The Morgan fingerprint density at radius 1 is 1.20 bits per heavy atom. The van der Waals surface area contributed by atoms with Crippen LogP contribution in [-0.2, 0) is 11.3 Å². The van der Waals surface area contributed by atoms with E-state index in [4.69, 9.17) is 20.9 Å². The summed E-state index contributed by atoms with van der Waals surface area (Å²) < 4.78 is 10.7. The fraction of sp³-hybridized carbons (Fsp3) is 0.167. The summed E-state index contributed by atoms with van der Waals surface area (Å²) in [5.74, 6) is 0.942. The predicted octanol–water partition coefficient (Wildman–Crippen LogP) is 3.47. The molecule has 6 nitrogen and oxygen atoms in total. The molecule has 0 aliphatic carbocycles. The predicted molar refractivity (Wildman–Crippen MR) is 93.1 cm³/mol. The molecular weight excluding hydrogens is 342 g/mol. The van der Waals surface area contributed by atoms with Gasteiger partial charge in [-0.2, -0.15) is 4.98 Å². The van der Waals surface area contributed by atoms with E-state index in [-0.39, 0.29) is 12.5 Å². The van der Waals surface area contributed by atoms with Crippen LogP contribution in [-0.4, -0.2) is 22.2 Å². The molecule has 0 saturated carbocycles. The number of nitrogens with zero attached hydrogens (tertiary/aromatic N) is 2. The Morgan fingerprint density at radius 2 is 1.92 bits per heavy atom. The number of para-hydroxylation sites is 1. The summed E-state index contributed by atoms with van der Waals surface area (Å²) in [6, 6.07) is 16.4. The molecule has 7 heteroatoms. The van der Waals surface area contributed by atoms with Crippen LogP contribution in [0.3, 0.4) is 0 Å². The number of benzene rings is 2. The van der Waals surface area contributed by atoms with Crippen molar-refractivity contribution < 1.29 is 14.1 Å². The van der Waals surface area contributed by atoms with E-state index in [1.807, 2.05) is 30.3 Å². The maximum Gasteiger partial charge on any atom is 0.261 e. The summed E-state index contributed by atoms with van der Waals surface area (Å²) in [6.07, 6.45) is -0.712. The van der Waals surface area contributed by atoms with Crippen molar-refractivity contribution in [3.63, 3.8) is 0 Å². The van der Waals surface area contributed by atoms with Gasteiger partial charge < -0.3 is 14.6 Å². The first-order valence-electron chi connectivity index (χ1n) is 7.70. The lowest BCUT2D eigenvalue weighted by Gasteiger charge is -2.14. The molecule has 1 atom stereocenters. The zero-order chi connectivity index (χ0) is 17.6. The smallest absolute Gasteiger partial charge is 0.261 e. The summed E-state index contributed by atoms with van der Waals surface area (Å²) in [4.78, 5) is 16.4. The van der Waals surface area contributed by atoms with E-state index >= 15 is 0 Å². The van der Waals surface area contributed by atoms with Gasteiger partial charge in [0.2, 0.25) is 11.7 Å². The minimum atomic E-state index is -0.712. The van der Waals surface area contributed by atoms with E-state index < -0.39 is 6.10 Å². The molecule has 0 bridgehead atoms. The van der Waals surface area contributed by atoms with E-state index in [0.29, 0.717) is 22.5 Å². The van der Waals surface area contributed by atoms with Gasteiger partial charge in [-0.1, -0.05) is 59.2 Å². The molecule has 1 aromatic heterocycles. The third-order valence-electron chi connectivity index (χ3n) is 3.42. The first-order chi connectivity index (χ1) is 12.1. The number of hydrogen-bond donors (Lipinski definition) is 1. The summed E-state index contributed by atoms with van der Waals surface area (Å²) in [6.45, 7) is 1.76. The molecule has 1 heterocycles. The molecule has 3 aromatic rings. The van der Waals surface area contributed by atoms with Crippen molar-refractivity contribution in [2.24, 2.45) is 0 Å². The van der Waals surface area contributed by atoms with Gasteiger partial charge in [-0.05, 0) is 19.1 Å². The molecule has 0 radical (unpaired) electrons. The van der Waals surface area contributed by atoms with Crippen molar-refractivity contribution >= 4 is 17.5 Å². The largest absolute Gasteiger partial charge is 0.479 e. The molecule has 0 fully saturated rings. The highest BCUT2D eigenvalue weighted by Gasteiger charge is 2.17. The Bertz CT molecular complexity index is 852. The third-order valence-corrected chi connectivity index (χ3v) is 3.74. The Labute approximate surface area is 149 Å². The lowest BCUT2D eigenvalue weighted by molar-refractivity contribution is -0.127. The number of nitrogens with one attached hydrogen (secondary N) is 1. The number of rotatable bonds is 6. The van der Waals surface area contributed by atoms with Crippen LogP contribution in [0.25, 0.3) is 11.4 Å². The van der Waals surface area contributed by atoms with Crippen molar-refractivity contribution in [2.45, 2.75) is 19.6 Å². The fourth-order valence-electron chi connectivity index (χ4n) is 2.12. The van der Waals surface area contributed by atoms with Gasteiger partial charge in [-0.25, -0.2) is 0 Å². The minimum absolute atomic E-state index is 0.120. The second kappa shape index (κ2) is 7.81. The molecule has 0 aliphatic heterocycles. The molecule has 0 saturated heterocycles. The molecule has 1 N–H and O–H groups in total. The number of carbonyl (C=O) groups is 1. The van der Waals surface area contributed by atoms with Crippen molar-refractivity contribution in [1.29, 1.82) is 0 Å². The number of aromatic nitrogens is 2. The van der Waals surface area contributed by atoms with E-state index in [1.165, 1.54) is 0 Å². The normalized spacial score (nSPS) is 11.8. The van der Waals surface area contributed by atoms with Gasteiger partial charge in [0, 0.05) is 5.56 Å². The van der Waals surface area contributed by atoms with Crippen LogP contribution < -0.4 is 10.1 Å². The molecule has 0 aliphatic rings. The molecule has 25 heavy (non-hydrogen) atoms. The first-order valence-corrected chi connectivity index (χ1v) is 8.08. The lowest BCUT2D eigenvalue weighted by atomic mass is 10.2. The Balaban J connectivity index is 1.55. The zero-order valence-corrected chi connectivity index (χ0v) is 14.2. The van der Waals surface area contributed by atoms with Crippen LogP contribution in [0.4, 0.5) is 0 Å². The summed E-state index contributed by atoms with van der Waals surface area (Å²) in [5.41, 5.74) is 0.847. The number of ether oxygens (including phenoxy) is 1. The van der Waals surface area contributed by atoms with E-state index in [9.17, 15) is 4.79 Å². The van der Waals surface area contributed by atoms with Crippen LogP contribution >= 0.6 is 11.6 Å². The minimum Gasteiger partial charge on any atom is -0.479 e. The van der Waals surface area contributed by atoms with Crippen molar-refractivity contribution in [3.05, 3.63) is 65.5 Å². The Kier molecular flexibility index (Phi) is 5.30. The van der Waals surface area contributed by atoms with E-state index in [2.05, 4.69) is 15.5 Å². The number of carbonyl (C=O) groups excluding carboxylic acids is 1. The van der Waals surface area contributed by atoms with Crippen LogP contribution in [0.1, 0.15) is 12.8 Å². The van der Waals surface area contributed by atoms with E-state index in [1.54, 1.807) is 31.2 Å². The standard InChI is InChI=1S/C18H16ClN3O3/c1-12(24-15-10-6-5-9-14(15)19)18(23)20-11-16-21-17(22-25-16)13-7-3-2-4-8-13/h2-10,12H,11H2,1H3,(H,20,23). The van der Waals surface area contributed by atoms with Gasteiger partial charge in [0.1, 0.15) is 5.75 Å². The summed E-state index contributed by atoms with van der Waals surface area (Å²) in [5, 5.41) is 7.05. The molecule has 3 rings (SSSR count). The van der Waals surface area contributed by atoms with Crippen LogP contribution in [0.2, 0.25) is 5.02 Å². The average Bonchev–Trinajstić information content (AvgIpc) is 3.11. The lowest BCUT2D eigenvalue weighted by Crippen LogP contribution is -2.36. The highest BCUT2D eigenvalue weighted by Crippen LogP contribution is 2.24. The second-order valence-corrected chi connectivity index (χ2v) is 5.69. The van der Waals surface area contributed by atoms with Gasteiger partial charge in [-0.15, -0.1) is 0 Å². The van der Waals surface area contributed by atoms with Crippen molar-refractivity contribution in [1.82, 2.24) is 15.5 Å². The van der Waals surface area contributed by atoms with Crippen molar-refractivity contribution in [2.75, 3.05) is 0 Å². The maximum atomic E-state index is 12.1. The molecule has 128 valence electrons. The second-order valence-electron chi connectivity index (χ2n) is 5.29. The fourth-order valence-corrected chi connectivity index (χ4v) is 2.30. The molecule has 2 aromatic carbocycles. The summed E-state index contributed by atoms with van der Waals surface area (Å²) in [7, 11) is 0. The summed E-state index contributed by atoms with van der Waals surface area (Å²) >= 11 is 6.02. The van der Waals surface area contributed by atoms with Crippen LogP contribution in [0.15, 0.2) is 59.1 Å². The Hall–Kier alpha value is -2.86. The number of halogens is 1. The quantitative estimate of drug-likeness (QED) is 0.730. The van der Waals surface area contributed by atoms with Gasteiger partial charge in [0.15, 0.2) is 6.10 Å². The topological polar surface area (TPSA) is 77.2 Å². The third kappa shape index (κ3) is 4.36. The molecule has 0 spiro atoms. The highest BCUT2D eigenvalue weighted by atomic mass is 35.5. The van der Waals surface area contributed by atoms with Crippen LogP contribution in [0, 0.1) is 0 Å². The molecule has 1 amide bonds. The van der Waals surface area contributed by atoms with Gasteiger partial charge in [0.05, 0.1) is 11.6 Å². The van der Waals surface area contributed by atoms with Gasteiger partial charge in [0.25, 0.3) is 5.91 Å². The highest BCUT2D eigenvalue weighted by molar-refractivity contribution is 6.32. The van der Waals surface area contributed by atoms with Crippen LogP contribution in [0.5, 0.6) is 5.75 Å². The molecular formula is C18H16ClN3O3. The van der Waals surface area contributed by atoms with E-state index in [0.717, 1.165) is 5.56 Å². The SMILES string of the molecule is CC(Oc1ccccc1Cl)C(=O)NCc1nc(-c2ccccc2)no1. The monoisotopic (exact) mass is 357 g/mol. The maximum absolute atomic E-state index is 12.1. The number of hydrogen-bond acceptors (Lipinski definition) is 5. The van der Waals surface area contributed by atoms with Crippen molar-refractivity contribution in [3.8, 4) is 17.1 Å². The Morgan fingerprint density at radius 3 is 2.68 bits per heavy atom. The average molecular weight is 358 g/mol. The first kappa shape index (κ1) is 17.0. The van der Waals surface area contributed by atoms with Gasteiger partial charge >= 0.3 is 0 Å². The zero-order valence-electron chi connectivity index (χ0n) is 13.5. The number of amides is 1. The molecule has 1 unspecified atom stereocenters.